The molecule has 19 heavy (non-hydrogen) atoms. The Morgan fingerprint density at radius 3 is 2.47 bits per heavy atom. The Hall–Kier alpha value is -0.130. The lowest BCUT2D eigenvalue weighted by molar-refractivity contribution is 0.127. The molecule has 2 aliphatic rings. The van der Waals surface area contributed by atoms with E-state index in [9.17, 15) is 13.5 Å². The van der Waals surface area contributed by atoms with Crippen molar-refractivity contribution in [2.75, 3.05) is 12.4 Å². The zero-order chi connectivity index (χ0) is 13.9. The van der Waals surface area contributed by atoms with Gasteiger partial charge in [-0.2, -0.15) is 0 Å². The van der Waals surface area contributed by atoms with Gasteiger partial charge in [-0.1, -0.05) is 32.6 Å². The SMILES string of the molecule is CC1(CO)CCCC1NS(=O)(=O)CC1CCCCC1. The molecule has 2 N–H and O–H groups in total. The smallest absolute Gasteiger partial charge is 0.212 e. The number of aliphatic hydroxyl groups is 1. The largest absolute Gasteiger partial charge is 0.396 e. The van der Waals surface area contributed by atoms with Crippen molar-refractivity contribution in [2.24, 2.45) is 11.3 Å². The summed E-state index contributed by atoms with van der Waals surface area (Å²) in [5.74, 6) is 0.596. The van der Waals surface area contributed by atoms with Crippen LogP contribution in [-0.4, -0.2) is 31.9 Å². The van der Waals surface area contributed by atoms with Gasteiger partial charge < -0.3 is 5.11 Å². The third-order valence-electron chi connectivity index (χ3n) is 4.94. The molecular formula is C14H27NO3S. The Labute approximate surface area is 117 Å². The molecule has 0 aromatic rings. The van der Waals surface area contributed by atoms with Crippen LogP contribution in [0.15, 0.2) is 0 Å². The average molecular weight is 289 g/mol. The second-order valence-electron chi connectivity index (χ2n) is 6.66. The highest BCUT2D eigenvalue weighted by atomic mass is 32.2. The molecule has 2 atom stereocenters. The summed E-state index contributed by atoms with van der Waals surface area (Å²) in [6.07, 6.45) is 8.41. The van der Waals surface area contributed by atoms with Crippen LogP contribution < -0.4 is 4.72 Å². The molecular weight excluding hydrogens is 262 g/mol. The van der Waals surface area contributed by atoms with Gasteiger partial charge in [-0.25, -0.2) is 13.1 Å². The van der Waals surface area contributed by atoms with Gasteiger partial charge in [0.1, 0.15) is 0 Å². The Bertz CT molecular complexity index is 389. The first-order chi connectivity index (χ1) is 8.95. The summed E-state index contributed by atoms with van der Waals surface area (Å²) in [6.45, 7) is 2.04. The summed E-state index contributed by atoms with van der Waals surface area (Å²) in [4.78, 5) is 0. The number of aliphatic hydroxyl groups excluding tert-OH is 1. The van der Waals surface area contributed by atoms with E-state index in [1.165, 1.54) is 6.42 Å². The molecule has 0 radical (unpaired) electrons. The predicted molar refractivity (Wildman–Crippen MR) is 76.3 cm³/mol. The van der Waals surface area contributed by atoms with Crippen molar-refractivity contribution in [3.8, 4) is 0 Å². The van der Waals surface area contributed by atoms with Crippen molar-refractivity contribution < 1.29 is 13.5 Å². The van der Waals surface area contributed by atoms with Gasteiger partial charge in [-0.05, 0) is 31.6 Å². The normalized spacial score (nSPS) is 33.7. The van der Waals surface area contributed by atoms with Gasteiger partial charge >= 0.3 is 0 Å². The van der Waals surface area contributed by atoms with E-state index < -0.39 is 10.0 Å². The zero-order valence-electron chi connectivity index (χ0n) is 11.9. The number of sulfonamides is 1. The van der Waals surface area contributed by atoms with Crippen LogP contribution in [0.4, 0.5) is 0 Å². The summed E-state index contributed by atoms with van der Waals surface area (Å²) < 4.78 is 27.4. The Morgan fingerprint density at radius 1 is 1.16 bits per heavy atom. The standard InChI is InChI=1S/C14H27NO3S/c1-14(11-16)9-5-8-13(14)15-19(17,18)10-12-6-3-2-4-7-12/h12-13,15-16H,2-11H2,1H3. The van der Waals surface area contributed by atoms with Crippen LogP contribution in [0.3, 0.4) is 0 Å². The molecule has 2 unspecified atom stereocenters. The summed E-state index contributed by atoms with van der Waals surface area (Å²) in [7, 11) is -3.21. The van der Waals surface area contributed by atoms with Crippen LogP contribution in [0, 0.1) is 11.3 Å². The number of hydrogen-bond acceptors (Lipinski definition) is 3. The Kier molecular flexibility index (Phi) is 4.90. The van der Waals surface area contributed by atoms with E-state index in [1.54, 1.807) is 0 Å². The Balaban J connectivity index is 1.93. The molecule has 0 saturated heterocycles. The van der Waals surface area contributed by atoms with E-state index in [0.29, 0.717) is 5.92 Å². The maximum Gasteiger partial charge on any atom is 0.212 e. The van der Waals surface area contributed by atoms with E-state index in [0.717, 1.165) is 44.9 Å². The van der Waals surface area contributed by atoms with E-state index in [2.05, 4.69) is 4.72 Å². The van der Waals surface area contributed by atoms with E-state index in [-0.39, 0.29) is 23.8 Å². The summed E-state index contributed by atoms with van der Waals surface area (Å²) in [5, 5.41) is 9.48. The second kappa shape index (κ2) is 6.10. The summed E-state index contributed by atoms with van der Waals surface area (Å²) >= 11 is 0. The highest BCUT2D eigenvalue weighted by Gasteiger charge is 2.40. The molecule has 2 aliphatic carbocycles. The molecule has 4 nitrogen and oxygen atoms in total. The van der Waals surface area contributed by atoms with E-state index >= 15 is 0 Å². The fourth-order valence-electron chi connectivity index (χ4n) is 3.55. The first-order valence-electron chi connectivity index (χ1n) is 7.56. The average Bonchev–Trinajstić information content (AvgIpc) is 2.71. The first kappa shape index (κ1) is 15.3. The fraction of sp³-hybridized carbons (Fsp3) is 1.00. The van der Waals surface area contributed by atoms with Gasteiger partial charge in [0.25, 0.3) is 0 Å². The topological polar surface area (TPSA) is 66.4 Å². The van der Waals surface area contributed by atoms with Crippen LogP contribution in [0.2, 0.25) is 0 Å². The highest BCUT2D eigenvalue weighted by molar-refractivity contribution is 7.89. The number of hydrogen-bond donors (Lipinski definition) is 2. The molecule has 0 bridgehead atoms. The Morgan fingerprint density at radius 2 is 1.84 bits per heavy atom. The fourth-order valence-corrected chi connectivity index (χ4v) is 5.44. The van der Waals surface area contributed by atoms with E-state index in [1.807, 2.05) is 6.92 Å². The lowest BCUT2D eigenvalue weighted by atomic mass is 9.86. The third-order valence-corrected chi connectivity index (χ3v) is 6.50. The zero-order valence-corrected chi connectivity index (χ0v) is 12.7. The van der Waals surface area contributed by atoms with Gasteiger partial charge in [0.15, 0.2) is 0 Å². The number of rotatable bonds is 5. The van der Waals surface area contributed by atoms with Crippen LogP contribution in [0.5, 0.6) is 0 Å². The van der Waals surface area contributed by atoms with Crippen molar-refractivity contribution in [1.82, 2.24) is 4.72 Å². The molecule has 0 amide bonds. The van der Waals surface area contributed by atoms with Crippen LogP contribution in [0.25, 0.3) is 0 Å². The van der Waals surface area contributed by atoms with Gasteiger partial charge in [0, 0.05) is 18.1 Å². The third kappa shape index (κ3) is 3.92. The maximum atomic E-state index is 12.3. The minimum absolute atomic E-state index is 0.0591. The van der Waals surface area contributed by atoms with Crippen LogP contribution in [0.1, 0.15) is 58.3 Å². The first-order valence-corrected chi connectivity index (χ1v) is 9.21. The molecule has 112 valence electrons. The molecule has 0 aliphatic heterocycles. The predicted octanol–water partition coefficient (Wildman–Crippen LogP) is 2.04. The molecule has 5 heteroatoms. The highest BCUT2D eigenvalue weighted by Crippen LogP contribution is 2.38. The second-order valence-corrected chi connectivity index (χ2v) is 8.46. The van der Waals surface area contributed by atoms with Gasteiger partial charge in [0.05, 0.1) is 5.75 Å². The van der Waals surface area contributed by atoms with Crippen molar-refractivity contribution >= 4 is 10.0 Å². The minimum Gasteiger partial charge on any atom is -0.396 e. The molecule has 2 fully saturated rings. The quantitative estimate of drug-likeness (QED) is 0.814. The summed E-state index contributed by atoms with van der Waals surface area (Å²) in [5.41, 5.74) is -0.278. The van der Waals surface area contributed by atoms with Crippen molar-refractivity contribution in [2.45, 2.75) is 64.3 Å². The monoisotopic (exact) mass is 289 g/mol. The van der Waals surface area contributed by atoms with Gasteiger partial charge in [0.2, 0.25) is 10.0 Å². The maximum absolute atomic E-state index is 12.3. The number of nitrogens with one attached hydrogen (secondary N) is 1. The molecule has 0 aromatic heterocycles. The molecule has 0 aromatic carbocycles. The van der Waals surface area contributed by atoms with Crippen molar-refractivity contribution in [3.63, 3.8) is 0 Å². The lowest BCUT2D eigenvalue weighted by Crippen LogP contribution is -2.46. The van der Waals surface area contributed by atoms with Crippen LogP contribution >= 0.6 is 0 Å². The summed E-state index contributed by atoms with van der Waals surface area (Å²) in [6, 6.07) is -0.0916. The molecule has 2 rings (SSSR count). The molecule has 0 heterocycles. The van der Waals surface area contributed by atoms with E-state index in [4.69, 9.17) is 0 Å². The molecule has 0 spiro atoms. The molecule has 2 saturated carbocycles. The van der Waals surface area contributed by atoms with Gasteiger partial charge in [-0.3, -0.25) is 0 Å². The van der Waals surface area contributed by atoms with Crippen molar-refractivity contribution in [3.05, 3.63) is 0 Å². The minimum atomic E-state index is -3.21. The lowest BCUT2D eigenvalue weighted by Gasteiger charge is -2.30. The van der Waals surface area contributed by atoms with Crippen molar-refractivity contribution in [1.29, 1.82) is 0 Å². The van der Waals surface area contributed by atoms with Crippen LogP contribution in [-0.2, 0) is 10.0 Å². The van der Waals surface area contributed by atoms with Gasteiger partial charge in [-0.15, -0.1) is 0 Å².